The summed E-state index contributed by atoms with van der Waals surface area (Å²) in [5, 5.41) is 10.1. The van der Waals surface area contributed by atoms with Gasteiger partial charge in [-0.15, -0.1) is 0 Å². The zero-order valence-electron chi connectivity index (χ0n) is 18.6. The first kappa shape index (κ1) is 23.1. The van der Waals surface area contributed by atoms with Crippen LogP contribution in [0.1, 0.15) is 11.1 Å². The minimum Gasteiger partial charge on any atom is -0.493 e. The van der Waals surface area contributed by atoms with E-state index in [0.29, 0.717) is 23.1 Å². The van der Waals surface area contributed by atoms with E-state index in [4.69, 9.17) is 21.1 Å². The fraction of sp³-hybridized carbons (Fsp3) is 0.111. The van der Waals surface area contributed by atoms with Crippen LogP contribution in [0.3, 0.4) is 0 Å². The van der Waals surface area contributed by atoms with Crippen LogP contribution < -0.4 is 20.2 Å². The molecule has 0 aliphatic heterocycles. The summed E-state index contributed by atoms with van der Waals surface area (Å²) in [7, 11) is 1.58. The summed E-state index contributed by atoms with van der Waals surface area (Å²) < 4.78 is 11.3. The van der Waals surface area contributed by atoms with Crippen LogP contribution in [0.2, 0.25) is 5.02 Å². The lowest BCUT2D eigenvalue weighted by molar-refractivity contribution is -0.119. The van der Waals surface area contributed by atoms with Crippen molar-refractivity contribution in [3.05, 3.63) is 101 Å². The number of ether oxygens (including phenoxy) is 2. The van der Waals surface area contributed by atoms with Crippen LogP contribution in [-0.4, -0.2) is 25.8 Å². The average Bonchev–Trinajstić information content (AvgIpc) is 2.87. The number of amides is 1. The number of methoxy groups -OCH3 is 1. The number of hydrogen-bond acceptors (Lipinski definition) is 5. The average molecular weight is 474 g/mol. The van der Waals surface area contributed by atoms with Gasteiger partial charge in [0.2, 0.25) is 0 Å². The second-order valence-corrected chi connectivity index (χ2v) is 7.94. The van der Waals surface area contributed by atoms with E-state index in [1.165, 1.54) is 0 Å². The van der Waals surface area contributed by atoms with Crippen molar-refractivity contribution < 1.29 is 14.3 Å². The van der Waals surface area contributed by atoms with Crippen molar-refractivity contribution in [3.8, 4) is 11.5 Å². The molecule has 4 aromatic carbocycles. The summed E-state index contributed by atoms with van der Waals surface area (Å²) in [6.45, 7) is 0.493. The number of halogens is 1. The zero-order valence-corrected chi connectivity index (χ0v) is 19.4. The first-order chi connectivity index (χ1) is 16.6. The van der Waals surface area contributed by atoms with Crippen molar-refractivity contribution in [2.24, 2.45) is 5.10 Å². The van der Waals surface area contributed by atoms with Crippen LogP contribution in [0.4, 0.5) is 5.69 Å². The van der Waals surface area contributed by atoms with Crippen LogP contribution >= 0.6 is 11.6 Å². The van der Waals surface area contributed by atoms with Gasteiger partial charge in [-0.2, -0.15) is 5.10 Å². The van der Waals surface area contributed by atoms with Gasteiger partial charge >= 0.3 is 0 Å². The molecule has 6 nitrogen and oxygen atoms in total. The van der Waals surface area contributed by atoms with Gasteiger partial charge in [0.15, 0.2) is 11.5 Å². The van der Waals surface area contributed by atoms with Crippen molar-refractivity contribution in [1.29, 1.82) is 0 Å². The normalized spacial score (nSPS) is 10.9. The highest BCUT2D eigenvalue weighted by Gasteiger charge is 2.07. The Morgan fingerprint density at radius 2 is 1.76 bits per heavy atom. The molecule has 0 spiro atoms. The van der Waals surface area contributed by atoms with Crippen LogP contribution in [-0.2, 0) is 11.4 Å². The predicted octanol–water partition coefficient (Wildman–Crippen LogP) is 5.64. The number of hydrazone groups is 1. The fourth-order valence-electron chi connectivity index (χ4n) is 3.40. The summed E-state index contributed by atoms with van der Waals surface area (Å²) in [5.74, 6) is 0.929. The number of fused-ring (bicyclic) bond motifs is 1. The first-order valence-corrected chi connectivity index (χ1v) is 11.1. The summed E-state index contributed by atoms with van der Waals surface area (Å²) in [6.07, 6.45) is 1.56. The monoisotopic (exact) mass is 473 g/mol. The van der Waals surface area contributed by atoms with Crippen molar-refractivity contribution in [1.82, 2.24) is 5.43 Å². The highest BCUT2D eigenvalue weighted by molar-refractivity contribution is 6.30. The molecule has 0 saturated heterocycles. The molecule has 0 aliphatic carbocycles. The maximum atomic E-state index is 12.2. The summed E-state index contributed by atoms with van der Waals surface area (Å²) in [5.41, 5.74) is 5.20. The van der Waals surface area contributed by atoms with Gasteiger partial charge < -0.3 is 14.8 Å². The second kappa shape index (κ2) is 11.2. The van der Waals surface area contributed by atoms with E-state index in [9.17, 15) is 4.79 Å². The summed E-state index contributed by atoms with van der Waals surface area (Å²) in [4.78, 5) is 12.2. The minimum atomic E-state index is -0.251. The molecule has 7 heteroatoms. The lowest BCUT2D eigenvalue weighted by Crippen LogP contribution is -2.25. The molecule has 172 valence electrons. The van der Waals surface area contributed by atoms with E-state index < -0.39 is 0 Å². The molecular weight excluding hydrogens is 450 g/mol. The number of nitrogens with zero attached hydrogens (tertiary/aromatic N) is 1. The Morgan fingerprint density at radius 1 is 0.971 bits per heavy atom. The molecule has 0 saturated carbocycles. The van der Waals surface area contributed by atoms with Gasteiger partial charge in [0.1, 0.15) is 6.61 Å². The largest absolute Gasteiger partial charge is 0.493 e. The van der Waals surface area contributed by atoms with Gasteiger partial charge in [-0.05, 0) is 52.9 Å². The molecule has 2 N–H and O–H groups in total. The maximum absolute atomic E-state index is 12.2. The number of nitrogens with one attached hydrogen (secondary N) is 2. The van der Waals surface area contributed by atoms with E-state index in [1.54, 1.807) is 25.5 Å². The Balaban J connectivity index is 1.31. The number of benzene rings is 4. The van der Waals surface area contributed by atoms with Crippen LogP contribution in [0.5, 0.6) is 11.5 Å². The molecule has 0 fully saturated rings. The second-order valence-electron chi connectivity index (χ2n) is 7.50. The SMILES string of the molecule is COc1cc(/C=N\NC(=O)CNc2cccc3ccccc23)ccc1OCc1ccc(Cl)cc1. The third-order valence-electron chi connectivity index (χ3n) is 5.13. The molecule has 0 bridgehead atoms. The first-order valence-electron chi connectivity index (χ1n) is 10.7. The van der Waals surface area contributed by atoms with Crippen molar-refractivity contribution in [2.45, 2.75) is 6.61 Å². The molecular formula is C27H24ClN3O3. The maximum Gasteiger partial charge on any atom is 0.259 e. The van der Waals surface area contributed by atoms with Gasteiger partial charge in [0, 0.05) is 16.1 Å². The zero-order chi connectivity index (χ0) is 23.8. The molecule has 4 aromatic rings. The number of carbonyl (C=O) groups excluding carboxylic acids is 1. The van der Waals surface area contributed by atoms with E-state index >= 15 is 0 Å². The topological polar surface area (TPSA) is 72.0 Å². The Bertz CT molecular complexity index is 1300. The van der Waals surface area contributed by atoms with E-state index in [0.717, 1.165) is 27.6 Å². The van der Waals surface area contributed by atoms with Gasteiger partial charge in [-0.25, -0.2) is 5.43 Å². The lowest BCUT2D eigenvalue weighted by atomic mass is 10.1. The van der Waals surface area contributed by atoms with E-state index in [-0.39, 0.29) is 12.5 Å². The lowest BCUT2D eigenvalue weighted by Gasteiger charge is -2.11. The quantitative estimate of drug-likeness (QED) is 0.243. The van der Waals surface area contributed by atoms with E-state index in [1.807, 2.05) is 72.8 Å². The van der Waals surface area contributed by atoms with E-state index in [2.05, 4.69) is 15.8 Å². The number of rotatable bonds is 9. The van der Waals surface area contributed by atoms with Gasteiger partial charge in [-0.1, -0.05) is 60.1 Å². The number of carbonyl (C=O) groups is 1. The molecule has 0 radical (unpaired) electrons. The molecule has 0 atom stereocenters. The molecule has 0 unspecified atom stereocenters. The third-order valence-corrected chi connectivity index (χ3v) is 5.38. The van der Waals surface area contributed by atoms with Crippen LogP contribution in [0.25, 0.3) is 10.8 Å². The number of anilines is 1. The predicted molar refractivity (Wildman–Crippen MR) is 137 cm³/mol. The van der Waals surface area contributed by atoms with Gasteiger partial charge in [-0.3, -0.25) is 4.79 Å². The molecule has 0 aliphatic rings. The molecule has 34 heavy (non-hydrogen) atoms. The Morgan fingerprint density at radius 3 is 2.59 bits per heavy atom. The third kappa shape index (κ3) is 6.05. The fourth-order valence-corrected chi connectivity index (χ4v) is 3.52. The number of hydrogen-bond donors (Lipinski definition) is 2. The van der Waals surface area contributed by atoms with Crippen LogP contribution in [0, 0.1) is 0 Å². The molecule has 0 heterocycles. The Kier molecular flexibility index (Phi) is 7.63. The standard InChI is InChI=1S/C27H24ClN3O3/c1-33-26-15-20(11-14-25(26)34-18-19-9-12-22(28)13-10-19)16-30-31-27(32)17-29-24-8-4-6-21-5-2-3-7-23(21)24/h2-16,29H,17-18H2,1H3,(H,31,32)/b30-16-. The van der Waals surface area contributed by atoms with Crippen molar-refractivity contribution >= 4 is 40.2 Å². The van der Waals surface area contributed by atoms with Crippen LogP contribution in [0.15, 0.2) is 90.0 Å². The summed E-state index contributed by atoms with van der Waals surface area (Å²) in [6, 6.07) is 26.8. The van der Waals surface area contributed by atoms with Crippen molar-refractivity contribution in [3.63, 3.8) is 0 Å². The summed E-state index contributed by atoms with van der Waals surface area (Å²) >= 11 is 5.92. The Labute approximate surface area is 203 Å². The van der Waals surface area contributed by atoms with Gasteiger partial charge in [0.25, 0.3) is 5.91 Å². The smallest absolute Gasteiger partial charge is 0.259 e. The highest BCUT2D eigenvalue weighted by atomic mass is 35.5. The molecule has 4 rings (SSSR count). The van der Waals surface area contributed by atoms with Crippen molar-refractivity contribution in [2.75, 3.05) is 19.0 Å². The highest BCUT2D eigenvalue weighted by Crippen LogP contribution is 2.28. The Hall–Kier alpha value is -4.03. The molecule has 1 amide bonds. The minimum absolute atomic E-state index is 0.103. The molecule has 0 aromatic heterocycles. The van der Waals surface area contributed by atoms with Gasteiger partial charge in [0.05, 0.1) is 19.9 Å².